The molecule has 6 heteroatoms. The molecule has 1 amide bonds. The first kappa shape index (κ1) is 13.8. The predicted molar refractivity (Wildman–Crippen MR) is 79.1 cm³/mol. The van der Waals surface area contributed by atoms with Gasteiger partial charge in [-0.05, 0) is 24.5 Å². The smallest absolute Gasteiger partial charge is 0.355 e. The number of aromatic nitrogens is 1. The molecule has 1 fully saturated rings. The zero-order valence-corrected chi connectivity index (χ0v) is 12.0. The molecular formula is C15H14N2O3S. The number of amides is 1. The number of hydrogen-bond donors (Lipinski definition) is 2. The van der Waals surface area contributed by atoms with Crippen molar-refractivity contribution in [1.82, 2.24) is 10.3 Å². The van der Waals surface area contributed by atoms with E-state index in [1.807, 2.05) is 24.3 Å². The number of benzene rings is 1. The van der Waals surface area contributed by atoms with Gasteiger partial charge in [-0.3, -0.25) is 4.79 Å². The fraction of sp³-hybridized carbons (Fsp3) is 0.267. The number of nitrogens with one attached hydrogen (secondary N) is 1. The molecule has 1 aromatic heterocycles. The number of hydrogen-bond acceptors (Lipinski definition) is 4. The summed E-state index contributed by atoms with van der Waals surface area (Å²) in [5, 5.41) is 14.0. The molecule has 0 saturated heterocycles. The molecule has 2 aromatic rings. The van der Waals surface area contributed by atoms with Crippen molar-refractivity contribution in [3.63, 3.8) is 0 Å². The minimum Gasteiger partial charge on any atom is -0.476 e. The average molecular weight is 302 g/mol. The van der Waals surface area contributed by atoms with Crippen LogP contribution in [0.15, 0.2) is 29.6 Å². The molecule has 108 valence electrons. The molecule has 0 aliphatic heterocycles. The lowest BCUT2D eigenvalue weighted by Gasteiger charge is -2.05. The van der Waals surface area contributed by atoms with Gasteiger partial charge in [0.05, 0.1) is 0 Å². The first-order valence-corrected chi connectivity index (χ1v) is 7.57. The van der Waals surface area contributed by atoms with Crippen LogP contribution in [0.5, 0.6) is 0 Å². The normalized spacial score (nSPS) is 13.9. The van der Waals surface area contributed by atoms with Crippen LogP contribution in [0.25, 0.3) is 10.6 Å². The average Bonchev–Trinajstić information content (AvgIpc) is 3.21. The number of carboxylic acid groups (broad SMARTS) is 1. The largest absolute Gasteiger partial charge is 0.476 e. The molecule has 0 atom stereocenters. The summed E-state index contributed by atoms with van der Waals surface area (Å²) in [7, 11) is 0. The maximum atomic E-state index is 11.6. The summed E-state index contributed by atoms with van der Waals surface area (Å²) in [4.78, 5) is 26.6. The van der Waals surface area contributed by atoms with Crippen molar-refractivity contribution in [1.29, 1.82) is 0 Å². The van der Waals surface area contributed by atoms with Crippen LogP contribution in [0.1, 0.15) is 28.9 Å². The van der Waals surface area contributed by atoms with Crippen molar-refractivity contribution in [3.05, 3.63) is 40.9 Å². The Morgan fingerprint density at radius 2 is 2.19 bits per heavy atom. The van der Waals surface area contributed by atoms with Crippen LogP contribution in [0, 0.1) is 5.92 Å². The minimum absolute atomic E-state index is 0.0578. The summed E-state index contributed by atoms with van der Waals surface area (Å²) < 4.78 is 0. The maximum absolute atomic E-state index is 11.6. The van der Waals surface area contributed by atoms with Crippen LogP contribution in [-0.4, -0.2) is 22.0 Å². The second-order valence-electron chi connectivity index (χ2n) is 5.04. The zero-order chi connectivity index (χ0) is 14.8. The third-order valence-corrected chi connectivity index (χ3v) is 4.20. The summed E-state index contributed by atoms with van der Waals surface area (Å²) in [6, 6.07) is 7.63. The molecule has 5 nitrogen and oxygen atoms in total. The third kappa shape index (κ3) is 3.28. The molecule has 21 heavy (non-hydrogen) atoms. The number of thiazole rings is 1. The molecule has 1 heterocycles. The monoisotopic (exact) mass is 302 g/mol. The molecule has 1 aliphatic rings. The van der Waals surface area contributed by atoms with Gasteiger partial charge in [-0.2, -0.15) is 0 Å². The second kappa shape index (κ2) is 5.65. The van der Waals surface area contributed by atoms with Gasteiger partial charge in [-0.15, -0.1) is 11.3 Å². The number of nitrogens with zero attached hydrogens (tertiary/aromatic N) is 1. The lowest BCUT2D eigenvalue weighted by atomic mass is 10.1. The Kier molecular flexibility index (Phi) is 3.70. The highest BCUT2D eigenvalue weighted by atomic mass is 32.1. The standard InChI is InChI=1S/C15H14N2O3S/c18-13(10-4-5-10)16-7-9-2-1-3-11(6-9)14-17-12(8-21-14)15(19)20/h1-3,6,8,10H,4-5,7H2,(H,16,18)(H,19,20). The van der Waals surface area contributed by atoms with E-state index in [1.54, 1.807) is 0 Å². The number of aromatic carboxylic acids is 1. The molecule has 1 saturated carbocycles. The number of rotatable bonds is 5. The molecule has 2 N–H and O–H groups in total. The SMILES string of the molecule is O=C(O)c1csc(-c2cccc(CNC(=O)C3CC3)c2)n1. The fourth-order valence-electron chi connectivity index (χ4n) is 2.00. The Morgan fingerprint density at radius 3 is 2.86 bits per heavy atom. The molecule has 0 spiro atoms. The van der Waals surface area contributed by atoms with E-state index < -0.39 is 5.97 Å². The van der Waals surface area contributed by atoms with Gasteiger partial charge in [-0.1, -0.05) is 18.2 Å². The quantitative estimate of drug-likeness (QED) is 0.889. The van der Waals surface area contributed by atoms with Crippen molar-refractivity contribution < 1.29 is 14.7 Å². The highest BCUT2D eigenvalue weighted by Crippen LogP contribution is 2.29. The minimum atomic E-state index is -1.02. The Morgan fingerprint density at radius 1 is 1.38 bits per heavy atom. The van der Waals surface area contributed by atoms with E-state index in [4.69, 9.17) is 5.11 Å². The van der Waals surface area contributed by atoms with Crippen LogP contribution in [0.3, 0.4) is 0 Å². The van der Waals surface area contributed by atoms with Crippen molar-refractivity contribution in [2.24, 2.45) is 5.92 Å². The number of carboxylic acids is 1. The molecule has 1 aliphatic carbocycles. The maximum Gasteiger partial charge on any atom is 0.355 e. The van der Waals surface area contributed by atoms with Crippen LogP contribution in [0.2, 0.25) is 0 Å². The third-order valence-electron chi connectivity index (χ3n) is 3.31. The lowest BCUT2D eigenvalue weighted by molar-refractivity contribution is -0.122. The van der Waals surface area contributed by atoms with Gasteiger partial charge in [0.25, 0.3) is 0 Å². The molecule has 3 rings (SSSR count). The van der Waals surface area contributed by atoms with E-state index in [-0.39, 0.29) is 17.5 Å². The summed E-state index contributed by atoms with van der Waals surface area (Å²) in [5.74, 6) is -0.710. The Hall–Kier alpha value is -2.21. The summed E-state index contributed by atoms with van der Waals surface area (Å²) in [5.41, 5.74) is 1.90. The van der Waals surface area contributed by atoms with Crippen molar-refractivity contribution in [2.75, 3.05) is 0 Å². The molecule has 0 bridgehead atoms. The molecule has 0 unspecified atom stereocenters. The van der Waals surface area contributed by atoms with Crippen LogP contribution >= 0.6 is 11.3 Å². The van der Waals surface area contributed by atoms with Crippen LogP contribution in [-0.2, 0) is 11.3 Å². The number of carbonyl (C=O) groups is 2. The first-order chi connectivity index (χ1) is 10.1. The summed E-state index contributed by atoms with van der Waals surface area (Å²) in [6.07, 6.45) is 1.98. The zero-order valence-electron chi connectivity index (χ0n) is 11.2. The topological polar surface area (TPSA) is 79.3 Å². The van der Waals surface area contributed by atoms with E-state index >= 15 is 0 Å². The van der Waals surface area contributed by atoms with Gasteiger partial charge in [-0.25, -0.2) is 9.78 Å². The van der Waals surface area contributed by atoms with Gasteiger partial charge in [0.15, 0.2) is 5.69 Å². The van der Waals surface area contributed by atoms with Gasteiger partial charge in [0.2, 0.25) is 5.91 Å². The lowest BCUT2D eigenvalue weighted by Crippen LogP contribution is -2.24. The van der Waals surface area contributed by atoms with E-state index in [1.165, 1.54) is 16.7 Å². The van der Waals surface area contributed by atoms with Crippen molar-refractivity contribution in [2.45, 2.75) is 19.4 Å². The van der Waals surface area contributed by atoms with Gasteiger partial charge in [0, 0.05) is 23.4 Å². The van der Waals surface area contributed by atoms with Crippen molar-refractivity contribution >= 4 is 23.2 Å². The Bertz CT molecular complexity index is 692. The van der Waals surface area contributed by atoms with Crippen LogP contribution < -0.4 is 5.32 Å². The number of carbonyl (C=O) groups excluding carboxylic acids is 1. The van der Waals surface area contributed by atoms with Crippen molar-refractivity contribution in [3.8, 4) is 10.6 Å². The Balaban J connectivity index is 1.72. The molecule has 0 radical (unpaired) electrons. The van der Waals surface area contributed by atoms with E-state index in [0.29, 0.717) is 11.6 Å². The highest BCUT2D eigenvalue weighted by Gasteiger charge is 2.29. The first-order valence-electron chi connectivity index (χ1n) is 6.69. The predicted octanol–water partition coefficient (Wildman–Crippen LogP) is 2.53. The summed E-state index contributed by atoms with van der Waals surface area (Å²) in [6.45, 7) is 0.486. The van der Waals surface area contributed by atoms with E-state index in [2.05, 4.69) is 10.3 Å². The second-order valence-corrected chi connectivity index (χ2v) is 5.89. The molecule has 1 aromatic carbocycles. The van der Waals surface area contributed by atoms with Crippen LogP contribution in [0.4, 0.5) is 0 Å². The fourth-order valence-corrected chi connectivity index (χ4v) is 2.79. The van der Waals surface area contributed by atoms with Gasteiger partial charge < -0.3 is 10.4 Å². The molecular weight excluding hydrogens is 288 g/mol. The highest BCUT2D eigenvalue weighted by molar-refractivity contribution is 7.13. The van der Waals surface area contributed by atoms with Gasteiger partial charge in [0.1, 0.15) is 5.01 Å². The van der Waals surface area contributed by atoms with E-state index in [9.17, 15) is 9.59 Å². The Labute approximate surface area is 125 Å². The van der Waals surface area contributed by atoms with Gasteiger partial charge >= 0.3 is 5.97 Å². The summed E-state index contributed by atoms with van der Waals surface area (Å²) >= 11 is 1.30. The van der Waals surface area contributed by atoms with E-state index in [0.717, 1.165) is 24.0 Å².